The molecule has 1 fully saturated rings. The van der Waals surface area contributed by atoms with Crippen LogP contribution < -0.4 is 10.1 Å². The number of hydrogen-bond acceptors (Lipinski definition) is 3. The molecule has 32 heavy (non-hydrogen) atoms. The molecule has 2 aromatic carbocycles. The third kappa shape index (κ3) is 6.26. The number of amides is 2. The number of nitrogens with one attached hydrogen (secondary N) is 1. The van der Waals surface area contributed by atoms with E-state index in [0.717, 1.165) is 42.4 Å². The highest BCUT2D eigenvalue weighted by Gasteiger charge is 2.29. The summed E-state index contributed by atoms with van der Waals surface area (Å²) < 4.78 is 5.85. The van der Waals surface area contributed by atoms with E-state index in [1.807, 2.05) is 50.2 Å². The number of aryl methyl sites for hydroxylation is 1. The Morgan fingerprint density at radius 1 is 1.09 bits per heavy atom. The lowest BCUT2D eigenvalue weighted by Gasteiger charge is -2.31. The zero-order chi connectivity index (χ0) is 23.1. The molecule has 1 aliphatic rings. The van der Waals surface area contributed by atoms with Gasteiger partial charge in [0.1, 0.15) is 11.8 Å². The molecule has 1 atom stereocenters. The Kier molecular flexibility index (Phi) is 8.57. The molecule has 0 aromatic heterocycles. The van der Waals surface area contributed by atoms with Gasteiger partial charge in [-0.1, -0.05) is 61.2 Å². The fourth-order valence-electron chi connectivity index (χ4n) is 4.06. The number of benzene rings is 2. The van der Waals surface area contributed by atoms with Crippen molar-refractivity contribution >= 4 is 23.4 Å². The van der Waals surface area contributed by atoms with Crippen molar-refractivity contribution in [3.8, 4) is 5.75 Å². The Morgan fingerprint density at radius 3 is 2.53 bits per heavy atom. The molecule has 1 saturated carbocycles. The molecule has 2 amide bonds. The molecule has 0 spiro atoms. The molecule has 1 N–H and O–H groups in total. The van der Waals surface area contributed by atoms with Crippen LogP contribution >= 0.6 is 11.6 Å². The van der Waals surface area contributed by atoms with Gasteiger partial charge in [0.25, 0.3) is 5.91 Å². The molecule has 1 aliphatic carbocycles. The summed E-state index contributed by atoms with van der Waals surface area (Å²) in [6, 6.07) is 12.7. The lowest BCUT2D eigenvalue weighted by Crippen LogP contribution is -2.51. The van der Waals surface area contributed by atoms with Gasteiger partial charge < -0.3 is 15.0 Å². The van der Waals surface area contributed by atoms with Crippen LogP contribution in [0.2, 0.25) is 5.02 Å². The molecule has 0 radical (unpaired) electrons. The molecule has 0 heterocycles. The summed E-state index contributed by atoms with van der Waals surface area (Å²) in [5, 5.41) is 3.71. The lowest BCUT2D eigenvalue weighted by atomic mass is 9.95. The zero-order valence-electron chi connectivity index (χ0n) is 19.2. The Morgan fingerprint density at radius 2 is 1.81 bits per heavy atom. The minimum absolute atomic E-state index is 0.135. The lowest BCUT2D eigenvalue weighted by molar-refractivity contribution is -0.142. The van der Waals surface area contributed by atoms with Crippen LogP contribution in [0.4, 0.5) is 0 Å². The summed E-state index contributed by atoms with van der Waals surface area (Å²) >= 11 is 6.35. The SMILES string of the molecule is Cc1cccc(OCC(=O)N(Cc2ccccc2Cl)[C@H](C)C(=O)NC2CCCCC2)c1C. The van der Waals surface area contributed by atoms with Crippen molar-refractivity contribution in [1.82, 2.24) is 10.2 Å². The van der Waals surface area contributed by atoms with Crippen LogP contribution in [0.3, 0.4) is 0 Å². The molecular formula is C26H33ClN2O3. The fraction of sp³-hybridized carbons (Fsp3) is 0.462. The Hall–Kier alpha value is -2.53. The van der Waals surface area contributed by atoms with Gasteiger partial charge in [-0.15, -0.1) is 0 Å². The first-order valence-electron chi connectivity index (χ1n) is 11.4. The monoisotopic (exact) mass is 456 g/mol. The highest BCUT2D eigenvalue weighted by Crippen LogP contribution is 2.23. The van der Waals surface area contributed by atoms with Crippen molar-refractivity contribution in [3.05, 3.63) is 64.2 Å². The van der Waals surface area contributed by atoms with Crippen LogP contribution in [0.15, 0.2) is 42.5 Å². The van der Waals surface area contributed by atoms with E-state index in [1.54, 1.807) is 17.9 Å². The summed E-state index contributed by atoms with van der Waals surface area (Å²) in [4.78, 5) is 27.8. The van der Waals surface area contributed by atoms with E-state index in [9.17, 15) is 9.59 Å². The summed E-state index contributed by atoms with van der Waals surface area (Å²) in [5.41, 5.74) is 2.90. The second-order valence-electron chi connectivity index (χ2n) is 8.62. The Labute approximate surface area is 196 Å². The van der Waals surface area contributed by atoms with E-state index >= 15 is 0 Å². The molecule has 2 aromatic rings. The molecule has 3 rings (SSSR count). The smallest absolute Gasteiger partial charge is 0.261 e. The van der Waals surface area contributed by atoms with Gasteiger partial charge in [-0.2, -0.15) is 0 Å². The highest BCUT2D eigenvalue weighted by molar-refractivity contribution is 6.31. The summed E-state index contributed by atoms with van der Waals surface area (Å²) in [7, 11) is 0. The van der Waals surface area contributed by atoms with E-state index in [0.29, 0.717) is 10.8 Å². The van der Waals surface area contributed by atoms with Crippen LogP contribution in [0.1, 0.15) is 55.7 Å². The molecule has 0 unspecified atom stereocenters. The zero-order valence-corrected chi connectivity index (χ0v) is 20.0. The number of carbonyl (C=O) groups is 2. The Bertz CT molecular complexity index is 940. The number of nitrogens with zero attached hydrogens (tertiary/aromatic N) is 1. The van der Waals surface area contributed by atoms with Gasteiger partial charge in [-0.3, -0.25) is 9.59 Å². The number of rotatable bonds is 8. The maximum absolute atomic E-state index is 13.2. The molecule has 5 nitrogen and oxygen atoms in total. The maximum Gasteiger partial charge on any atom is 0.261 e. The number of ether oxygens (including phenoxy) is 1. The predicted molar refractivity (Wildman–Crippen MR) is 128 cm³/mol. The topological polar surface area (TPSA) is 58.6 Å². The molecular weight excluding hydrogens is 424 g/mol. The van der Waals surface area contributed by atoms with Crippen LogP contribution in [-0.4, -0.2) is 35.4 Å². The third-order valence-corrected chi connectivity index (χ3v) is 6.69. The van der Waals surface area contributed by atoms with Crippen molar-refractivity contribution in [2.24, 2.45) is 0 Å². The van der Waals surface area contributed by atoms with E-state index in [-0.39, 0.29) is 31.0 Å². The van der Waals surface area contributed by atoms with E-state index < -0.39 is 6.04 Å². The van der Waals surface area contributed by atoms with Gasteiger partial charge >= 0.3 is 0 Å². The first kappa shape index (κ1) is 24.1. The van der Waals surface area contributed by atoms with Gasteiger partial charge in [0, 0.05) is 17.6 Å². The molecule has 0 aliphatic heterocycles. The number of halogens is 1. The largest absolute Gasteiger partial charge is 0.483 e. The normalized spacial score (nSPS) is 15.1. The maximum atomic E-state index is 13.2. The van der Waals surface area contributed by atoms with Gasteiger partial charge in [0.2, 0.25) is 5.91 Å². The van der Waals surface area contributed by atoms with Gasteiger partial charge in [0.05, 0.1) is 0 Å². The third-order valence-electron chi connectivity index (χ3n) is 6.32. The minimum atomic E-state index is -0.636. The van der Waals surface area contributed by atoms with Crippen molar-refractivity contribution in [2.45, 2.75) is 71.5 Å². The number of carbonyl (C=O) groups excluding carboxylic acids is 2. The van der Waals surface area contributed by atoms with Crippen molar-refractivity contribution in [2.75, 3.05) is 6.61 Å². The molecule has 6 heteroatoms. The van der Waals surface area contributed by atoms with Crippen LogP contribution in [0.5, 0.6) is 5.75 Å². The predicted octanol–water partition coefficient (Wildman–Crippen LogP) is 5.20. The Balaban J connectivity index is 1.74. The van der Waals surface area contributed by atoms with Crippen LogP contribution in [0, 0.1) is 13.8 Å². The molecule has 0 saturated heterocycles. The molecule has 172 valence electrons. The first-order valence-corrected chi connectivity index (χ1v) is 11.8. The number of hydrogen-bond donors (Lipinski definition) is 1. The summed E-state index contributed by atoms with van der Waals surface area (Å²) in [5.74, 6) is 0.288. The average Bonchev–Trinajstić information content (AvgIpc) is 2.79. The fourth-order valence-corrected chi connectivity index (χ4v) is 4.26. The first-order chi connectivity index (χ1) is 15.4. The summed E-state index contributed by atoms with van der Waals surface area (Å²) in [6.07, 6.45) is 5.46. The standard InChI is InChI=1S/C26H33ClN2O3/c1-18-10-9-15-24(19(18)2)32-17-25(30)29(16-21-11-7-8-14-23(21)27)20(3)26(31)28-22-12-5-4-6-13-22/h7-11,14-15,20,22H,4-6,12-13,16-17H2,1-3H3,(H,28,31)/t20-/m1/s1. The van der Waals surface area contributed by atoms with Crippen LogP contribution in [-0.2, 0) is 16.1 Å². The van der Waals surface area contributed by atoms with E-state index in [1.165, 1.54) is 6.42 Å². The highest BCUT2D eigenvalue weighted by atomic mass is 35.5. The average molecular weight is 457 g/mol. The van der Waals surface area contributed by atoms with Gasteiger partial charge in [0.15, 0.2) is 6.61 Å². The summed E-state index contributed by atoms with van der Waals surface area (Å²) in [6.45, 7) is 5.84. The van der Waals surface area contributed by atoms with Gasteiger partial charge in [-0.05, 0) is 62.4 Å². The second kappa shape index (κ2) is 11.4. The quantitative estimate of drug-likeness (QED) is 0.593. The second-order valence-corrected chi connectivity index (χ2v) is 9.03. The van der Waals surface area contributed by atoms with Crippen molar-refractivity contribution in [3.63, 3.8) is 0 Å². The van der Waals surface area contributed by atoms with Crippen LogP contribution in [0.25, 0.3) is 0 Å². The van der Waals surface area contributed by atoms with E-state index in [4.69, 9.17) is 16.3 Å². The van der Waals surface area contributed by atoms with Gasteiger partial charge in [-0.25, -0.2) is 0 Å². The molecule has 0 bridgehead atoms. The minimum Gasteiger partial charge on any atom is -0.483 e. The van der Waals surface area contributed by atoms with Crippen molar-refractivity contribution in [1.29, 1.82) is 0 Å². The van der Waals surface area contributed by atoms with E-state index in [2.05, 4.69) is 5.32 Å². The van der Waals surface area contributed by atoms with Crippen molar-refractivity contribution < 1.29 is 14.3 Å².